The number of alkyl halides is 1. The van der Waals surface area contributed by atoms with Crippen LogP contribution in [0.4, 0.5) is 8.78 Å². The minimum atomic E-state index is -0.633. The zero-order chi connectivity index (χ0) is 14.7. The average Bonchev–Trinajstić information content (AvgIpc) is 2.43. The van der Waals surface area contributed by atoms with Crippen molar-refractivity contribution < 1.29 is 13.5 Å². The van der Waals surface area contributed by atoms with Crippen molar-refractivity contribution in [3.63, 3.8) is 0 Å². The van der Waals surface area contributed by atoms with Gasteiger partial charge < -0.3 is 4.74 Å². The molecule has 0 aromatic heterocycles. The van der Waals surface area contributed by atoms with Gasteiger partial charge in [0.25, 0.3) is 0 Å². The second kappa shape index (κ2) is 6.55. The van der Waals surface area contributed by atoms with E-state index in [4.69, 9.17) is 16.3 Å². The second-order valence-corrected chi connectivity index (χ2v) is 5.69. The third-order valence-electron chi connectivity index (χ3n) is 2.95. The number of methoxy groups -OCH3 is 1. The van der Waals surface area contributed by atoms with E-state index < -0.39 is 17.0 Å². The van der Waals surface area contributed by atoms with Crippen LogP contribution in [-0.2, 0) is 6.42 Å². The van der Waals surface area contributed by atoms with Crippen LogP contribution in [0.1, 0.15) is 16.5 Å². The van der Waals surface area contributed by atoms with Crippen LogP contribution in [0.5, 0.6) is 5.75 Å². The van der Waals surface area contributed by atoms with Gasteiger partial charge in [-0.2, -0.15) is 0 Å². The molecule has 1 atom stereocenters. The summed E-state index contributed by atoms with van der Waals surface area (Å²) in [6, 6.07) is 9.52. The van der Waals surface area contributed by atoms with Crippen LogP contribution < -0.4 is 4.74 Å². The maximum Gasteiger partial charge on any atom is 0.137 e. The van der Waals surface area contributed by atoms with Crippen LogP contribution >= 0.6 is 27.5 Å². The van der Waals surface area contributed by atoms with Crippen molar-refractivity contribution in [2.45, 2.75) is 11.8 Å². The molecule has 0 N–H and O–H groups in total. The Morgan fingerprint density at radius 2 is 1.80 bits per heavy atom. The molecule has 0 radical (unpaired) electrons. The van der Waals surface area contributed by atoms with E-state index >= 15 is 0 Å². The molecule has 0 saturated heterocycles. The number of benzene rings is 2. The fourth-order valence-electron chi connectivity index (χ4n) is 1.86. The average molecular weight is 362 g/mol. The summed E-state index contributed by atoms with van der Waals surface area (Å²) in [5.41, 5.74) is 1.08. The Bertz CT molecular complexity index is 602. The van der Waals surface area contributed by atoms with Crippen molar-refractivity contribution in [2.75, 3.05) is 7.11 Å². The summed E-state index contributed by atoms with van der Waals surface area (Å²) in [6.45, 7) is 0. The maximum atomic E-state index is 13.8. The third-order valence-corrected chi connectivity index (χ3v) is 3.95. The monoisotopic (exact) mass is 360 g/mol. The van der Waals surface area contributed by atoms with Crippen LogP contribution in [0, 0.1) is 11.6 Å². The van der Waals surface area contributed by atoms with Crippen molar-refractivity contribution in [3.05, 3.63) is 63.6 Å². The first-order valence-electron chi connectivity index (χ1n) is 5.92. The lowest BCUT2D eigenvalue weighted by molar-refractivity contribution is 0.414. The molecule has 20 heavy (non-hydrogen) atoms. The van der Waals surface area contributed by atoms with Crippen molar-refractivity contribution in [2.24, 2.45) is 0 Å². The number of hydrogen-bond donors (Lipinski definition) is 0. The molecule has 1 unspecified atom stereocenters. The lowest BCUT2D eigenvalue weighted by Gasteiger charge is -2.12. The van der Waals surface area contributed by atoms with E-state index in [9.17, 15) is 8.78 Å². The summed E-state index contributed by atoms with van der Waals surface area (Å²) in [5.74, 6) is -0.311. The van der Waals surface area contributed by atoms with E-state index in [1.54, 1.807) is 19.2 Å². The summed E-state index contributed by atoms with van der Waals surface area (Å²) in [7, 11) is 1.58. The van der Waals surface area contributed by atoms with E-state index in [0.717, 1.165) is 23.4 Å². The molecule has 0 saturated carbocycles. The minimum absolute atomic E-state index is 0.0899. The first kappa shape index (κ1) is 15.3. The first-order valence-corrected chi connectivity index (χ1v) is 7.15. The van der Waals surface area contributed by atoms with Crippen LogP contribution in [0.3, 0.4) is 0 Å². The Morgan fingerprint density at radius 3 is 2.40 bits per heavy atom. The molecule has 5 heteroatoms. The van der Waals surface area contributed by atoms with Gasteiger partial charge in [-0.25, -0.2) is 8.78 Å². The number of halogens is 4. The lowest BCUT2D eigenvalue weighted by Crippen LogP contribution is -2.00. The fraction of sp³-hybridized carbons (Fsp3) is 0.200. The SMILES string of the molecule is COc1ccc(CC(Cl)c2cc(F)c(Br)cc2F)cc1. The highest BCUT2D eigenvalue weighted by Gasteiger charge is 2.16. The predicted octanol–water partition coefficient (Wildman–Crippen LogP) is 5.26. The van der Waals surface area contributed by atoms with Crippen molar-refractivity contribution in [1.82, 2.24) is 0 Å². The highest BCUT2D eigenvalue weighted by molar-refractivity contribution is 9.10. The minimum Gasteiger partial charge on any atom is -0.497 e. The summed E-state index contributed by atoms with van der Waals surface area (Å²) in [5, 5.41) is -0.633. The van der Waals surface area contributed by atoms with Crippen molar-refractivity contribution in [1.29, 1.82) is 0 Å². The molecule has 0 bridgehead atoms. The largest absolute Gasteiger partial charge is 0.497 e. The molecular formula is C15H12BrClF2O. The second-order valence-electron chi connectivity index (χ2n) is 4.31. The smallest absolute Gasteiger partial charge is 0.137 e. The van der Waals surface area contributed by atoms with Gasteiger partial charge >= 0.3 is 0 Å². The fourth-order valence-corrected chi connectivity index (χ4v) is 2.52. The lowest BCUT2D eigenvalue weighted by atomic mass is 10.0. The Hall–Kier alpha value is -1.13. The van der Waals surface area contributed by atoms with Gasteiger partial charge in [-0.05, 0) is 52.2 Å². The van der Waals surface area contributed by atoms with Crippen LogP contribution in [0.25, 0.3) is 0 Å². The van der Waals surface area contributed by atoms with E-state index in [1.165, 1.54) is 0 Å². The van der Waals surface area contributed by atoms with E-state index in [2.05, 4.69) is 15.9 Å². The van der Waals surface area contributed by atoms with Gasteiger partial charge in [0.1, 0.15) is 17.4 Å². The molecule has 0 aliphatic carbocycles. The van der Waals surface area contributed by atoms with Crippen LogP contribution in [0.2, 0.25) is 0 Å². The molecule has 0 spiro atoms. The Kier molecular flexibility index (Phi) is 5.00. The molecule has 2 aromatic rings. The number of ether oxygens (including phenoxy) is 1. The van der Waals surface area contributed by atoms with Crippen LogP contribution in [0.15, 0.2) is 40.9 Å². The molecule has 0 heterocycles. The molecule has 0 aliphatic rings. The van der Waals surface area contributed by atoms with E-state index in [-0.39, 0.29) is 10.0 Å². The zero-order valence-electron chi connectivity index (χ0n) is 10.7. The van der Waals surface area contributed by atoms with Crippen molar-refractivity contribution in [3.8, 4) is 5.75 Å². The molecule has 106 valence electrons. The zero-order valence-corrected chi connectivity index (χ0v) is 13.0. The van der Waals surface area contributed by atoms with Gasteiger partial charge in [0, 0.05) is 5.56 Å². The third kappa shape index (κ3) is 3.49. The summed E-state index contributed by atoms with van der Waals surface area (Å²) in [6.07, 6.45) is 0.406. The first-order chi connectivity index (χ1) is 9.51. The van der Waals surface area contributed by atoms with Crippen LogP contribution in [-0.4, -0.2) is 7.11 Å². The van der Waals surface area contributed by atoms with Gasteiger partial charge in [-0.3, -0.25) is 0 Å². The molecule has 0 fully saturated rings. The van der Waals surface area contributed by atoms with E-state index in [1.807, 2.05) is 12.1 Å². The maximum absolute atomic E-state index is 13.8. The van der Waals surface area contributed by atoms with Gasteiger partial charge in [0.15, 0.2) is 0 Å². The summed E-state index contributed by atoms with van der Waals surface area (Å²) < 4.78 is 32.4. The van der Waals surface area contributed by atoms with Gasteiger partial charge in [-0.15, -0.1) is 11.6 Å². The normalized spacial score (nSPS) is 12.2. The Balaban J connectivity index is 2.18. The van der Waals surface area contributed by atoms with E-state index in [0.29, 0.717) is 6.42 Å². The molecule has 2 aromatic carbocycles. The van der Waals surface area contributed by atoms with Gasteiger partial charge in [0.2, 0.25) is 0 Å². The molecule has 0 amide bonds. The predicted molar refractivity (Wildman–Crippen MR) is 79.4 cm³/mol. The number of hydrogen-bond acceptors (Lipinski definition) is 1. The van der Waals surface area contributed by atoms with Crippen molar-refractivity contribution >= 4 is 27.5 Å². The highest BCUT2D eigenvalue weighted by atomic mass is 79.9. The number of rotatable bonds is 4. The molecular weight excluding hydrogens is 350 g/mol. The topological polar surface area (TPSA) is 9.23 Å². The Labute approximate surface area is 129 Å². The van der Waals surface area contributed by atoms with Gasteiger partial charge in [-0.1, -0.05) is 12.1 Å². The van der Waals surface area contributed by atoms with Gasteiger partial charge in [0.05, 0.1) is 17.0 Å². The highest BCUT2D eigenvalue weighted by Crippen LogP contribution is 2.30. The summed E-state index contributed by atoms with van der Waals surface area (Å²) in [4.78, 5) is 0. The standard InChI is InChI=1S/C15H12BrClF2O/c1-20-10-4-2-9(3-5-10)6-13(17)11-7-15(19)12(16)8-14(11)18/h2-5,7-8,13H,6H2,1H3. The molecule has 2 rings (SSSR count). The molecule has 0 aliphatic heterocycles. The quantitative estimate of drug-likeness (QED) is 0.533. The molecule has 1 nitrogen and oxygen atoms in total. The summed E-state index contributed by atoms with van der Waals surface area (Å²) >= 11 is 9.13. The Morgan fingerprint density at radius 1 is 1.15 bits per heavy atom.